The summed E-state index contributed by atoms with van der Waals surface area (Å²) in [6.07, 6.45) is 10.3. The number of aromatic amines is 1. The number of aromatic nitrogens is 2. The normalized spacial score (nSPS) is 15.8. The number of anilines is 1. The summed E-state index contributed by atoms with van der Waals surface area (Å²) in [5.41, 5.74) is 3.32. The maximum absolute atomic E-state index is 12.1. The first-order valence-corrected chi connectivity index (χ1v) is 11.0. The molecule has 6 nitrogen and oxygen atoms in total. The van der Waals surface area contributed by atoms with Gasteiger partial charge in [0.15, 0.2) is 0 Å². The maximum atomic E-state index is 12.1. The van der Waals surface area contributed by atoms with Crippen LogP contribution >= 0.6 is 0 Å². The summed E-state index contributed by atoms with van der Waals surface area (Å²) in [4.78, 5) is 22.8. The molecule has 0 spiro atoms. The minimum Gasteiger partial charge on any atom is -0.360 e. The quantitative estimate of drug-likeness (QED) is 0.540. The van der Waals surface area contributed by atoms with Gasteiger partial charge in [-0.15, -0.1) is 0 Å². The molecule has 0 aromatic carbocycles. The first-order chi connectivity index (χ1) is 13.7. The van der Waals surface area contributed by atoms with Crippen LogP contribution in [0.2, 0.25) is 0 Å². The zero-order valence-electron chi connectivity index (χ0n) is 17.4. The molecule has 0 unspecified atom stereocenters. The van der Waals surface area contributed by atoms with E-state index in [1.807, 2.05) is 12.1 Å². The standard InChI is InChI=1S/C22H35N5O/c1-3-5-6-7-12-23-22(28)26-20-9-8-19-21(25-20)18(16-24-19)17-10-14-27(13-4-2)15-11-17/h8-9,16-17,24H,3-7,10-15H2,1-2H3,(H2,23,25,26,28). The van der Waals surface area contributed by atoms with Crippen LogP contribution in [0.5, 0.6) is 0 Å². The van der Waals surface area contributed by atoms with E-state index in [2.05, 4.69) is 40.6 Å². The highest BCUT2D eigenvalue weighted by atomic mass is 16.2. The van der Waals surface area contributed by atoms with Crippen LogP contribution in [0.25, 0.3) is 11.0 Å². The maximum Gasteiger partial charge on any atom is 0.320 e. The van der Waals surface area contributed by atoms with E-state index in [9.17, 15) is 4.79 Å². The number of unbranched alkanes of at least 4 members (excludes halogenated alkanes) is 3. The average Bonchev–Trinajstić information content (AvgIpc) is 3.12. The molecule has 3 rings (SSSR count). The van der Waals surface area contributed by atoms with Crippen molar-refractivity contribution >= 4 is 22.9 Å². The fourth-order valence-electron chi connectivity index (χ4n) is 4.10. The van der Waals surface area contributed by atoms with Crippen molar-refractivity contribution < 1.29 is 4.79 Å². The first kappa shape index (κ1) is 20.6. The van der Waals surface area contributed by atoms with Crippen molar-refractivity contribution in [1.29, 1.82) is 0 Å². The summed E-state index contributed by atoms with van der Waals surface area (Å²) >= 11 is 0. The smallest absolute Gasteiger partial charge is 0.320 e. The molecule has 0 saturated carbocycles. The Morgan fingerprint density at radius 1 is 1.18 bits per heavy atom. The van der Waals surface area contributed by atoms with Crippen molar-refractivity contribution in [3.05, 3.63) is 23.9 Å². The SMILES string of the molecule is CCCCCCNC(=O)Nc1ccc2[nH]cc(C3CCN(CCC)CC3)c2n1. The van der Waals surface area contributed by atoms with Gasteiger partial charge in [0.2, 0.25) is 0 Å². The third-order valence-electron chi connectivity index (χ3n) is 5.68. The first-order valence-electron chi connectivity index (χ1n) is 11.0. The lowest BCUT2D eigenvalue weighted by molar-refractivity contribution is 0.213. The van der Waals surface area contributed by atoms with Gasteiger partial charge in [-0.3, -0.25) is 5.32 Å². The molecule has 154 valence electrons. The van der Waals surface area contributed by atoms with Gasteiger partial charge in [0.05, 0.1) is 11.0 Å². The van der Waals surface area contributed by atoms with Gasteiger partial charge in [0.25, 0.3) is 0 Å². The van der Waals surface area contributed by atoms with Crippen molar-refractivity contribution in [2.24, 2.45) is 0 Å². The third-order valence-corrected chi connectivity index (χ3v) is 5.68. The summed E-state index contributed by atoms with van der Waals surface area (Å²) in [6, 6.07) is 3.70. The molecule has 0 radical (unpaired) electrons. The molecule has 0 atom stereocenters. The van der Waals surface area contributed by atoms with E-state index < -0.39 is 0 Å². The molecule has 1 fully saturated rings. The number of hydrogen-bond acceptors (Lipinski definition) is 3. The van der Waals surface area contributed by atoms with E-state index in [0.717, 1.165) is 37.0 Å². The number of nitrogens with zero attached hydrogens (tertiary/aromatic N) is 2. The highest BCUT2D eigenvalue weighted by molar-refractivity contribution is 5.90. The molecule has 3 N–H and O–H groups in total. The summed E-state index contributed by atoms with van der Waals surface area (Å²) < 4.78 is 0. The molecule has 1 aliphatic rings. The van der Waals surface area contributed by atoms with Crippen molar-refractivity contribution in [2.75, 3.05) is 31.5 Å². The second kappa shape index (κ2) is 10.5. The largest absolute Gasteiger partial charge is 0.360 e. The van der Waals surface area contributed by atoms with Crippen molar-refractivity contribution in [3.63, 3.8) is 0 Å². The summed E-state index contributed by atoms with van der Waals surface area (Å²) in [5.74, 6) is 1.15. The monoisotopic (exact) mass is 385 g/mol. The molecular formula is C22H35N5O. The van der Waals surface area contributed by atoms with Crippen LogP contribution in [-0.4, -0.2) is 47.1 Å². The number of pyridine rings is 1. The molecule has 2 aromatic rings. The van der Waals surface area contributed by atoms with Gasteiger partial charge in [-0.05, 0) is 68.9 Å². The molecule has 2 aromatic heterocycles. The van der Waals surface area contributed by atoms with Crippen molar-refractivity contribution in [3.8, 4) is 0 Å². The molecule has 1 saturated heterocycles. The number of piperidine rings is 1. The van der Waals surface area contributed by atoms with Crippen molar-refractivity contribution in [1.82, 2.24) is 20.2 Å². The fraction of sp³-hybridized carbons (Fsp3) is 0.636. The van der Waals surface area contributed by atoms with Gasteiger partial charge in [-0.25, -0.2) is 9.78 Å². The number of carbonyl (C=O) groups excluding carboxylic acids is 1. The highest BCUT2D eigenvalue weighted by Crippen LogP contribution is 2.32. The molecule has 2 amide bonds. The number of H-pyrrole nitrogens is 1. The highest BCUT2D eigenvalue weighted by Gasteiger charge is 2.23. The Labute approximate surface area is 168 Å². The van der Waals surface area contributed by atoms with Crippen LogP contribution in [0, 0.1) is 0 Å². The number of rotatable bonds is 9. The zero-order chi connectivity index (χ0) is 19.8. The zero-order valence-corrected chi connectivity index (χ0v) is 17.4. The van der Waals surface area contributed by atoms with Gasteiger partial charge in [0, 0.05) is 12.7 Å². The van der Waals surface area contributed by atoms with Gasteiger partial charge in [-0.1, -0.05) is 33.1 Å². The van der Waals surface area contributed by atoms with E-state index in [1.54, 1.807) is 0 Å². The van der Waals surface area contributed by atoms with Gasteiger partial charge < -0.3 is 15.2 Å². The summed E-state index contributed by atoms with van der Waals surface area (Å²) in [7, 11) is 0. The van der Waals surface area contributed by atoms with E-state index in [1.165, 1.54) is 44.2 Å². The summed E-state index contributed by atoms with van der Waals surface area (Å²) in [6.45, 7) is 8.64. The van der Waals surface area contributed by atoms with Crippen LogP contribution in [0.3, 0.4) is 0 Å². The Kier molecular flexibility index (Phi) is 7.71. The van der Waals surface area contributed by atoms with Crippen LogP contribution < -0.4 is 10.6 Å². The van der Waals surface area contributed by atoms with Crippen LogP contribution in [0.4, 0.5) is 10.6 Å². The van der Waals surface area contributed by atoms with E-state index in [4.69, 9.17) is 4.98 Å². The fourth-order valence-corrected chi connectivity index (χ4v) is 4.10. The second-order valence-electron chi connectivity index (χ2n) is 7.89. The molecule has 3 heterocycles. The number of urea groups is 1. The number of amides is 2. The summed E-state index contributed by atoms with van der Waals surface area (Å²) in [5, 5.41) is 5.81. The van der Waals surface area contributed by atoms with E-state index in [-0.39, 0.29) is 6.03 Å². The van der Waals surface area contributed by atoms with Crippen molar-refractivity contribution in [2.45, 2.75) is 64.7 Å². The van der Waals surface area contributed by atoms with Gasteiger partial charge in [-0.2, -0.15) is 0 Å². The molecule has 1 aliphatic heterocycles. The van der Waals surface area contributed by atoms with Gasteiger partial charge in [0.1, 0.15) is 5.82 Å². The molecule has 6 heteroatoms. The lowest BCUT2D eigenvalue weighted by Gasteiger charge is -2.31. The predicted molar refractivity (Wildman–Crippen MR) is 116 cm³/mol. The number of likely N-dealkylation sites (tertiary alicyclic amines) is 1. The second-order valence-corrected chi connectivity index (χ2v) is 7.89. The Morgan fingerprint density at radius 2 is 2.00 bits per heavy atom. The number of nitrogens with one attached hydrogen (secondary N) is 3. The van der Waals surface area contributed by atoms with Crippen LogP contribution in [0.1, 0.15) is 70.3 Å². The Balaban J connectivity index is 1.59. The third kappa shape index (κ3) is 5.47. The minimum absolute atomic E-state index is 0.173. The van der Waals surface area contributed by atoms with Crippen LogP contribution in [-0.2, 0) is 0 Å². The molecule has 0 bridgehead atoms. The average molecular weight is 386 g/mol. The lowest BCUT2D eigenvalue weighted by Crippen LogP contribution is -2.33. The topological polar surface area (TPSA) is 73.1 Å². The number of carbonyl (C=O) groups is 1. The number of hydrogen-bond donors (Lipinski definition) is 3. The van der Waals surface area contributed by atoms with Gasteiger partial charge >= 0.3 is 6.03 Å². The Hall–Kier alpha value is -2.08. The van der Waals surface area contributed by atoms with Crippen LogP contribution in [0.15, 0.2) is 18.3 Å². The molecule has 28 heavy (non-hydrogen) atoms. The van der Waals surface area contributed by atoms with E-state index in [0.29, 0.717) is 18.3 Å². The molecule has 0 aliphatic carbocycles. The molecular weight excluding hydrogens is 350 g/mol. The Morgan fingerprint density at radius 3 is 2.75 bits per heavy atom. The predicted octanol–water partition coefficient (Wildman–Crippen LogP) is 4.85. The Bertz CT molecular complexity index is 748. The number of fused-ring (bicyclic) bond motifs is 1. The minimum atomic E-state index is -0.173. The van der Waals surface area contributed by atoms with E-state index >= 15 is 0 Å². The lowest BCUT2D eigenvalue weighted by atomic mass is 9.90.